The number of hydrogen-bond donors (Lipinski definition) is 1. The molecule has 0 aliphatic carbocycles. The molecule has 0 fully saturated rings. The summed E-state index contributed by atoms with van der Waals surface area (Å²) in [5.41, 5.74) is 6.84. The first-order valence-corrected chi connectivity index (χ1v) is 15.1. The van der Waals surface area contributed by atoms with Crippen LogP contribution in [0.3, 0.4) is 0 Å². The van der Waals surface area contributed by atoms with Crippen LogP contribution in [0, 0.1) is 0 Å². The molecule has 0 unspecified atom stereocenters. The number of benzene rings is 6. The van der Waals surface area contributed by atoms with Crippen molar-refractivity contribution in [2.24, 2.45) is 0 Å². The summed E-state index contributed by atoms with van der Waals surface area (Å²) in [5.74, 6) is 2.77. The summed E-state index contributed by atoms with van der Waals surface area (Å²) in [6.45, 7) is 0.611. The summed E-state index contributed by atoms with van der Waals surface area (Å²) < 4.78 is 6.74. The van der Waals surface area contributed by atoms with Gasteiger partial charge in [-0.2, -0.15) is 0 Å². The fourth-order valence-corrected chi connectivity index (χ4v) is 6.48. The molecular weight excluding hydrogens is 552 g/mol. The van der Waals surface area contributed by atoms with Crippen LogP contribution in [0.1, 0.15) is 11.3 Å². The van der Waals surface area contributed by atoms with Gasteiger partial charge in [-0.1, -0.05) is 109 Å². The third-order valence-electron chi connectivity index (χ3n) is 8.58. The van der Waals surface area contributed by atoms with Crippen LogP contribution in [0.2, 0.25) is 0 Å². The summed E-state index contributed by atoms with van der Waals surface area (Å²) in [5, 5.41) is 9.16. The highest BCUT2D eigenvalue weighted by Gasteiger charge is 2.24. The van der Waals surface area contributed by atoms with Gasteiger partial charge in [0.2, 0.25) is 0 Å². The minimum atomic E-state index is 0.609. The van der Waals surface area contributed by atoms with Gasteiger partial charge in [-0.15, -0.1) is 0 Å². The molecule has 0 spiro atoms. The molecule has 0 saturated heterocycles. The Morgan fingerprint density at radius 1 is 0.533 bits per heavy atom. The van der Waals surface area contributed by atoms with Gasteiger partial charge in [0.05, 0.1) is 6.54 Å². The Bertz CT molecular complexity index is 2370. The third-order valence-corrected chi connectivity index (χ3v) is 8.58. The number of aromatic nitrogens is 3. The molecule has 45 heavy (non-hydrogen) atoms. The van der Waals surface area contributed by atoms with E-state index in [0.717, 1.165) is 50.1 Å². The lowest BCUT2D eigenvalue weighted by atomic mass is 9.91. The van der Waals surface area contributed by atoms with Crippen molar-refractivity contribution in [2.75, 3.05) is 0 Å². The van der Waals surface area contributed by atoms with E-state index in [2.05, 4.69) is 78.1 Å². The minimum Gasteiger partial charge on any atom is -0.458 e. The van der Waals surface area contributed by atoms with Crippen LogP contribution in [0.25, 0.3) is 83.9 Å². The molecule has 2 aromatic heterocycles. The number of fused-ring (bicyclic) bond motifs is 6. The van der Waals surface area contributed by atoms with Crippen molar-refractivity contribution >= 4 is 38.6 Å². The first-order chi connectivity index (χ1) is 22.3. The predicted octanol–water partition coefficient (Wildman–Crippen LogP) is 9.67. The van der Waals surface area contributed by atoms with Crippen molar-refractivity contribution in [1.82, 2.24) is 20.3 Å². The summed E-state index contributed by atoms with van der Waals surface area (Å²) >= 11 is 0. The third kappa shape index (κ3) is 4.20. The molecule has 5 nitrogen and oxygen atoms in total. The van der Waals surface area contributed by atoms with E-state index in [0.29, 0.717) is 24.0 Å². The Labute approximate surface area is 259 Å². The van der Waals surface area contributed by atoms with Crippen LogP contribution in [0.15, 0.2) is 138 Å². The fraction of sp³-hybridized carbons (Fsp3) is 0.0250. The van der Waals surface area contributed by atoms with E-state index in [1.807, 2.05) is 66.9 Å². The first-order valence-electron chi connectivity index (χ1n) is 15.1. The Morgan fingerprint density at radius 2 is 1.13 bits per heavy atom. The maximum absolute atomic E-state index is 6.74. The fourth-order valence-electron chi connectivity index (χ4n) is 6.48. The Morgan fingerprint density at radius 3 is 1.87 bits per heavy atom. The van der Waals surface area contributed by atoms with Gasteiger partial charge in [-0.3, -0.25) is 0 Å². The lowest BCUT2D eigenvalue weighted by Gasteiger charge is -2.13. The molecule has 0 amide bonds. The number of furan rings is 1. The van der Waals surface area contributed by atoms with E-state index in [9.17, 15) is 0 Å². The van der Waals surface area contributed by atoms with Crippen LogP contribution in [-0.4, -0.2) is 15.0 Å². The van der Waals surface area contributed by atoms with Crippen molar-refractivity contribution in [3.8, 4) is 45.3 Å². The summed E-state index contributed by atoms with van der Waals surface area (Å²) in [4.78, 5) is 15.0. The van der Waals surface area contributed by atoms with Gasteiger partial charge < -0.3 is 9.73 Å². The maximum Gasteiger partial charge on any atom is 0.164 e. The highest BCUT2D eigenvalue weighted by atomic mass is 16.3. The van der Waals surface area contributed by atoms with E-state index in [4.69, 9.17) is 19.4 Å². The predicted molar refractivity (Wildman–Crippen MR) is 182 cm³/mol. The van der Waals surface area contributed by atoms with E-state index in [1.54, 1.807) is 0 Å². The van der Waals surface area contributed by atoms with Crippen LogP contribution in [0.5, 0.6) is 0 Å². The van der Waals surface area contributed by atoms with Gasteiger partial charge in [0.1, 0.15) is 11.3 Å². The highest BCUT2D eigenvalue weighted by Crippen LogP contribution is 2.44. The molecule has 9 rings (SSSR count). The molecule has 0 atom stereocenters. The summed E-state index contributed by atoms with van der Waals surface area (Å²) in [6, 6.07) is 43.9. The Kier molecular flexibility index (Phi) is 5.81. The second-order valence-corrected chi connectivity index (χ2v) is 11.2. The quantitative estimate of drug-likeness (QED) is 0.211. The highest BCUT2D eigenvalue weighted by molar-refractivity contribution is 6.17. The van der Waals surface area contributed by atoms with Gasteiger partial charge in [0.25, 0.3) is 0 Å². The first kappa shape index (κ1) is 25.4. The van der Waals surface area contributed by atoms with Crippen molar-refractivity contribution in [3.63, 3.8) is 0 Å². The summed E-state index contributed by atoms with van der Waals surface area (Å²) in [6.07, 6.45) is 4.07. The van der Waals surface area contributed by atoms with Crippen LogP contribution in [0.4, 0.5) is 0 Å². The zero-order valence-corrected chi connectivity index (χ0v) is 24.2. The molecule has 3 heterocycles. The van der Waals surface area contributed by atoms with Crippen molar-refractivity contribution in [3.05, 3.63) is 145 Å². The minimum absolute atomic E-state index is 0.609. The standard InChI is InChI=1S/C40H26N4O/c1-3-11-25(12-4-1)38-42-39(26-13-5-2-6-14-26)44-40(43-38)33-20-19-31(37-36(33)32-21-22-41-24-35(32)45-37)34-23-27-15-7-8-16-28(27)29-17-9-10-18-30(29)34/h1-23,41H,24H2. The molecule has 0 saturated carbocycles. The van der Waals surface area contributed by atoms with Gasteiger partial charge in [0, 0.05) is 33.2 Å². The second kappa shape index (κ2) is 10.3. The lowest BCUT2D eigenvalue weighted by Crippen LogP contribution is -2.08. The molecule has 0 radical (unpaired) electrons. The van der Waals surface area contributed by atoms with Crippen molar-refractivity contribution < 1.29 is 4.42 Å². The molecule has 6 aromatic carbocycles. The van der Waals surface area contributed by atoms with E-state index < -0.39 is 0 Å². The molecule has 1 aliphatic rings. The molecule has 8 aromatic rings. The molecular formula is C40H26N4O. The number of nitrogens with one attached hydrogen (secondary N) is 1. The molecule has 1 N–H and O–H groups in total. The number of rotatable bonds is 4. The summed E-state index contributed by atoms with van der Waals surface area (Å²) in [7, 11) is 0. The Balaban J connectivity index is 1.34. The second-order valence-electron chi connectivity index (χ2n) is 11.2. The van der Waals surface area contributed by atoms with Crippen LogP contribution < -0.4 is 5.32 Å². The molecule has 1 aliphatic heterocycles. The average molecular weight is 579 g/mol. The maximum atomic E-state index is 6.74. The molecule has 212 valence electrons. The van der Waals surface area contributed by atoms with E-state index in [-0.39, 0.29) is 0 Å². The van der Waals surface area contributed by atoms with Crippen LogP contribution >= 0.6 is 0 Å². The topological polar surface area (TPSA) is 63.8 Å². The lowest BCUT2D eigenvalue weighted by molar-refractivity contribution is 0.533. The molecule has 0 bridgehead atoms. The SMILES string of the molecule is C1=Cc2c(oc3c(-c4cc5ccccc5c5ccccc45)ccc(-c4nc(-c5ccccc5)nc(-c5ccccc5)n4)c23)CN1. The van der Waals surface area contributed by atoms with Gasteiger partial charge in [-0.25, -0.2) is 15.0 Å². The largest absolute Gasteiger partial charge is 0.458 e. The van der Waals surface area contributed by atoms with Crippen molar-refractivity contribution in [1.29, 1.82) is 0 Å². The van der Waals surface area contributed by atoms with E-state index >= 15 is 0 Å². The zero-order chi connectivity index (χ0) is 29.7. The van der Waals surface area contributed by atoms with Crippen LogP contribution in [-0.2, 0) is 6.54 Å². The normalized spacial score (nSPS) is 12.4. The molecule has 5 heteroatoms. The van der Waals surface area contributed by atoms with Crippen molar-refractivity contribution in [2.45, 2.75) is 6.54 Å². The average Bonchev–Trinajstić information content (AvgIpc) is 3.51. The van der Waals surface area contributed by atoms with E-state index in [1.165, 1.54) is 21.5 Å². The number of hydrogen-bond acceptors (Lipinski definition) is 5. The van der Waals surface area contributed by atoms with Gasteiger partial charge in [0.15, 0.2) is 17.5 Å². The zero-order valence-electron chi connectivity index (χ0n) is 24.2. The smallest absolute Gasteiger partial charge is 0.164 e. The van der Waals surface area contributed by atoms with Gasteiger partial charge in [-0.05, 0) is 57.6 Å². The Hall–Kier alpha value is -6.07. The number of nitrogens with zero attached hydrogens (tertiary/aromatic N) is 3. The van der Waals surface area contributed by atoms with Gasteiger partial charge >= 0.3 is 0 Å². The monoisotopic (exact) mass is 578 g/mol.